The van der Waals surface area contributed by atoms with Crippen LogP contribution in [0, 0.1) is 11.8 Å². The Balaban J connectivity index is 1.56. The van der Waals surface area contributed by atoms with Gasteiger partial charge in [-0.3, -0.25) is 9.59 Å². The van der Waals surface area contributed by atoms with Crippen molar-refractivity contribution in [2.24, 2.45) is 11.8 Å². The van der Waals surface area contributed by atoms with Gasteiger partial charge in [0.25, 0.3) is 0 Å². The third kappa shape index (κ3) is 6.80. The van der Waals surface area contributed by atoms with Crippen LogP contribution in [0.1, 0.15) is 51.5 Å². The van der Waals surface area contributed by atoms with E-state index < -0.39 is 29.7 Å². The minimum absolute atomic E-state index is 0.0975. The molecule has 3 atom stereocenters. The van der Waals surface area contributed by atoms with Gasteiger partial charge in [-0.05, 0) is 43.6 Å². The van der Waals surface area contributed by atoms with Crippen molar-refractivity contribution in [1.29, 1.82) is 0 Å². The summed E-state index contributed by atoms with van der Waals surface area (Å²) in [6.45, 7) is 4.48. The van der Waals surface area contributed by atoms with Gasteiger partial charge in [-0.15, -0.1) is 0 Å². The van der Waals surface area contributed by atoms with Gasteiger partial charge >= 0.3 is 6.09 Å². The molecule has 2 fully saturated rings. The lowest BCUT2D eigenvalue weighted by molar-refractivity contribution is -0.127. The van der Waals surface area contributed by atoms with Gasteiger partial charge in [0, 0.05) is 18.9 Å². The molecule has 0 radical (unpaired) electrons. The lowest BCUT2D eigenvalue weighted by atomic mass is 9.98. The first-order valence-electron chi connectivity index (χ1n) is 11.4. The van der Waals surface area contributed by atoms with Crippen LogP contribution in [0.15, 0.2) is 30.3 Å². The van der Waals surface area contributed by atoms with E-state index in [-0.39, 0.29) is 24.2 Å². The SMILES string of the molecule is CC(C)C[C@H](NC(=O)OC1(Cc2ccccc2)CC1)C(=O)N[C@H](C=O)C[C@@H]1CCNC1=O. The lowest BCUT2D eigenvalue weighted by Crippen LogP contribution is -2.51. The summed E-state index contributed by atoms with van der Waals surface area (Å²) in [6, 6.07) is 8.24. The zero-order valence-corrected chi connectivity index (χ0v) is 18.8. The molecular weight excluding hydrogens is 410 g/mol. The number of carbonyl (C=O) groups is 4. The molecule has 1 saturated heterocycles. The van der Waals surface area contributed by atoms with Crippen molar-refractivity contribution in [3.05, 3.63) is 35.9 Å². The van der Waals surface area contributed by atoms with Gasteiger partial charge in [-0.1, -0.05) is 44.2 Å². The highest BCUT2D eigenvalue weighted by Crippen LogP contribution is 2.42. The van der Waals surface area contributed by atoms with E-state index in [1.807, 2.05) is 44.2 Å². The van der Waals surface area contributed by atoms with E-state index >= 15 is 0 Å². The molecule has 32 heavy (non-hydrogen) atoms. The number of hydrogen-bond acceptors (Lipinski definition) is 5. The molecule has 2 aliphatic rings. The summed E-state index contributed by atoms with van der Waals surface area (Å²) in [5, 5.41) is 8.11. The molecule has 0 bridgehead atoms. The van der Waals surface area contributed by atoms with E-state index in [0.717, 1.165) is 18.4 Å². The smallest absolute Gasteiger partial charge is 0.408 e. The van der Waals surface area contributed by atoms with Gasteiger partial charge in [0.1, 0.15) is 17.9 Å². The van der Waals surface area contributed by atoms with Crippen LogP contribution in [0.3, 0.4) is 0 Å². The maximum absolute atomic E-state index is 12.9. The summed E-state index contributed by atoms with van der Waals surface area (Å²) in [7, 11) is 0. The minimum atomic E-state index is -0.824. The van der Waals surface area contributed by atoms with E-state index in [1.165, 1.54) is 0 Å². The van der Waals surface area contributed by atoms with Crippen molar-refractivity contribution < 1.29 is 23.9 Å². The fraction of sp³-hybridized carbons (Fsp3) is 0.583. The fourth-order valence-electron chi connectivity index (χ4n) is 4.10. The number of rotatable bonds is 11. The number of nitrogens with one attached hydrogen (secondary N) is 3. The zero-order valence-electron chi connectivity index (χ0n) is 18.8. The summed E-state index contributed by atoms with van der Waals surface area (Å²) in [6.07, 6.45) is 3.52. The van der Waals surface area contributed by atoms with E-state index in [2.05, 4.69) is 16.0 Å². The Kier molecular flexibility index (Phi) is 7.88. The predicted molar refractivity (Wildman–Crippen MR) is 119 cm³/mol. The van der Waals surface area contributed by atoms with Crippen molar-refractivity contribution in [3.63, 3.8) is 0 Å². The molecule has 1 heterocycles. The van der Waals surface area contributed by atoms with E-state index in [9.17, 15) is 19.2 Å². The molecule has 3 rings (SSSR count). The summed E-state index contributed by atoms with van der Waals surface area (Å²) < 4.78 is 5.72. The largest absolute Gasteiger partial charge is 0.443 e. The molecule has 3 N–H and O–H groups in total. The summed E-state index contributed by atoms with van der Waals surface area (Å²) >= 11 is 0. The molecule has 1 aromatic carbocycles. The molecule has 8 nitrogen and oxygen atoms in total. The molecule has 174 valence electrons. The van der Waals surface area contributed by atoms with Crippen LogP contribution < -0.4 is 16.0 Å². The molecule has 1 aromatic rings. The van der Waals surface area contributed by atoms with Crippen LogP contribution in [-0.4, -0.2) is 48.4 Å². The van der Waals surface area contributed by atoms with Crippen molar-refractivity contribution in [2.45, 2.75) is 70.1 Å². The molecule has 8 heteroatoms. The normalized spacial score (nSPS) is 20.7. The first-order valence-corrected chi connectivity index (χ1v) is 11.4. The predicted octanol–water partition coefficient (Wildman–Crippen LogP) is 2.11. The van der Waals surface area contributed by atoms with Crippen molar-refractivity contribution in [2.75, 3.05) is 6.54 Å². The zero-order chi connectivity index (χ0) is 23.1. The Morgan fingerprint density at radius 3 is 2.50 bits per heavy atom. The average molecular weight is 444 g/mol. The molecule has 0 aromatic heterocycles. The Hall–Kier alpha value is -2.90. The monoisotopic (exact) mass is 443 g/mol. The standard InChI is InChI=1S/C24H33N3O5/c1-16(2)12-20(22(30)26-19(15-28)13-18-8-11-25-21(18)29)27-23(31)32-24(9-10-24)14-17-6-4-3-5-7-17/h3-7,15-16,18-20H,8-14H2,1-2H3,(H,25,29)(H,26,30)(H,27,31)/t18-,19-,20-/m0/s1. The Morgan fingerprint density at radius 1 is 1.22 bits per heavy atom. The van der Waals surface area contributed by atoms with E-state index in [0.29, 0.717) is 32.1 Å². The summed E-state index contributed by atoms with van der Waals surface area (Å²) in [5.41, 5.74) is 0.574. The van der Waals surface area contributed by atoms with Gasteiger partial charge in [-0.25, -0.2) is 4.79 Å². The second-order valence-corrected chi connectivity index (χ2v) is 9.32. The van der Waals surface area contributed by atoms with E-state index in [1.54, 1.807) is 0 Å². The van der Waals surface area contributed by atoms with Crippen LogP contribution >= 0.6 is 0 Å². The van der Waals surface area contributed by atoms with Crippen LogP contribution in [0.25, 0.3) is 0 Å². The van der Waals surface area contributed by atoms with Crippen molar-refractivity contribution in [3.8, 4) is 0 Å². The second-order valence-electron chi connectivity index (χ2n) is 9.32. The van der Waals surface area contributed by atoms with Gasteiger partial charge in [0.2, 0.25) is 11.8 Å². The third-order valence-electron chi connectivity index (χ3n) is 5.99. The molecule has 3 amide bonds. The molecule has 1 aliphatic carbocycles. The number of amides is 3. The topological polar surface area (TPSA) is 114 Å². The van der Waals surface area contributed by atoms with Crippen molar-refractivity contribution in [1.82, 2.24) is 16.0 Å². The first kappa shape index (κ1) is 23.8. The molecule has 0 unspecified atom stereocenters. The van der Waals surface area contributed by atoms with Crippen molar-refractivity contribution >= 4 is 24.2 Å². The molecule has 1 aliphatic heterocycles. The van der Waals surface area contributed by atoms with Crippen LogP contribution in [0.5, 0.6) is 0 Å². The molecule has 0 spiro atoms. The molecular formula is C24H33N3O5. The highest BCUT2D eigenvalue weighted by Gasteiger charge is 2.47. The van der Waals surface area contributed by atoms with Gasteiger partial charge in [0.15, 0.2) is 0 Å². The number of ether oxygens (including phenoxy) is 1. The summed E-state index contributed by atoms with van der Waals surface area (Å²) in [4.78, 5) is 48.8. The first-order chi connectivity index (χ1) is 15.3. The number of carbonyl (C=O) groups excluding carboxylic acids is 4. The Labute approximate surface area is 188 Å². The Morgan fingerprint density at radius 2 is 1.94 bits per heavy atom. The van der Waals surface area contributed by atoms with Gasteiger partial charge < -0.3 is 25.5 Å². The quantitative estimate of drug-likeness (QED) is 0.453. The van der Waals surface area contributed by atoms with Crippen LogP contribution in [0.2, 0.25) is 0 Å². The van der Waals surface area contributed by atoms with E-state index in [4.69, 9.17) is 4.74 Å². The highest BCUT2D eigenvalue weighted by molar-refractivity contribution is 5.88. The third-order valence-corrected chi connectivity index (χ3v) is 5.99. The number of benzene rings is 1. The number of aldehydes is 1. The lowest BCUT2D eigenvalue weighted by Gasteiger charge is -2.24. The van der Waals surface area contributed by atoms with Gasteiger partial charge in [0.05, 0.1) is 6.04 Å². The van der Waals surface area contributed by atoms with Crippen LogP contribution in [-0.2, 0) is 25.5 Å². The number of alkyl carbamates (subject to hydrolysis) is 1. The van der Waals surface area contributed by atoms with Crippen LogP contribution in [0.4, 0.5) is 4.79 Å². The molecule has 1 saturated carbocycles. The number of hydrogen-bond donors (Lipinski definition) is 3. The Bertz CT molecular complexity index is 822. The fourth-order valence-corrected chi connectivity index (χ4v) is 4.10. The second kappa shape index (κ2) is 10.6. The maximum Gasteiger partial charge on any atom is 0.408 e. The summed E-state index contributed by atoms with van der Waals surface area (Å²) in [5.74, 6) is -0.695. The maximum atomic E-state index is 12.9. The average Bonchev–Trinajstić information content (AvgIpc) is 3.37. The minimum Gasteiger partial charge on any atom is -0.443 e. The highest BCUT2D eigenvalue weighted by atomic mass is 16.6. The van der Waals surface area contributed by atoms with Gasteiger partial charge in [-0.2, -0.15) is 0 Å².